The number of rotatable bonds is 8. The molecule has 0 amide bonds. The van der Waals surface area contributed by atoms with Gasteiger partial charge in [-0.2, -0.15) is 0 Å². The molecule has 0 saturated carbocycles. The molecule has 4 nitrogen and oxygen atoms in total. The summed E-state index contributed by atoms with van der Waals surface area (Å²) in [6.07, 6.45) is 3.20. The Hall–Kier alpha value is -3.01. The topological polar surface area (TPSA) is 44.8 Å². The smallest absolute Gasteiger partial charge is 0.347 e. The number of hydrogen-bond acceptors (Lipinski definition) is 4. The molecule has 0 bridgehead atoms. The highest BCUT2D eigenvalue weighted by Crippen LogP contribution is 2.32. The molecule has 2 aromatic carbocycles. The lowest BCUT2D eigenvalue weighted by Crippen LogP contribution is -2.12. The zero-order chi connectivity index (χ0) is 16.5. The zero-order valence-electron chi connectivity index (χ0n) is 12.7. The number of carbonyl (C=O) groups is 1. The summed E-state index contributed by atoms with van der Waals surface area (Å²) in [5, 5.41) is 0. The third-order valence-corrected chi connectivity index (χ3v) is 2.78. The molecule has 0 unspecified atom stereocenters. The molecule has 117 valence electrons. The molecule has 0 spiro atoms. The van der Waals surface area contributed by atoms with E-state index in [1.165, 1.54) is 0 Å². The van der Waals surface area contributed by atoms with Crippen LogP contribution < -0.4 is 14.2 Å². The first-order valence-corrected chi connectivity index (χ1v) is 7.05. The fourth-order valence-electron chi connectivity index (χ4n) is 1.83. The lowest BCUT2D eigenvalue weighted by Gasteiger charge is -2.14. The van der Waals surface area contributed by atoms with Crippen molar-refractivity contribution in [3.05, 3.63) is 79.4 Å². The Morgan fingerprint density at radius 1 is 1.04 bits per heavy atom. The van der Waals surface area contributed by atoms with E-state index in [9.17, 15) is 4.79 Å². The molecular formula is C19H17O4. The van der Waals surface area contributed by atoms with Gasteiger partial charge in [0.1, 0.15) is 24.5 Å². The van der Waals surface area contributed by atoms with Crippen LogP contribution in [0.1, 0.15) is 10.4 Å². The second kappa shape index (κ2) is 8.44. The van der Waals surface area contributed by atoms with Crippen molar-refractivity contribution in [1.29, 1.82) is 0 Å². The number of benzene rings is 2. The van der Waals surface area contributed by atoms with Crippen LogP contribution in [0.5, 0.6) is 17.2 Å². The van der Waals surface area contributed by atoms with E-state index in [1.54, 1.807) is 54.6 Å². The van der Waals surface area contributed by atoms with E-state index >= 15 is 0 Å². The maximum atomic E-state index is 12.4. The normalized spacial score (nSPS) is 9.74. The summed E-state index contributed by atoms with van der Waals surface area (Å²) < 4.78 is 16.4. The highest BCUT2D eigenvalue weighted by molar-refractivity contribution is 5.95. The lowest BCUT2D eigenvalue weighted by molar-refractivity contribution is 0.0729. The minimum atomic E-state index is -0.546. The van der Waals surface area contributed by atoms with Gasteiger partial charge >= 0.3 is 5.97 Å². The van der Waals surface area contributed by atoms with E-state index in [0.717, 1.165) is 0 Å². The fraction of sp³-hybridized carbons (Fsp3) is 0.105. The van der Waals surface area contributed by atoms with E-state index in [2.05, 4.69) is 19.2 Å². The molecule has 0 saturated heterocycles. The Balaban J connectivity index is 2.29. The van der Waals surface area contributed by atoms with Gasteiger partial charge in [-0.3, -0.25) is 0 Å². The Bertz CT molecular complexity index is 677. The lowest BCUT2D eigenvalue weighted by atomic mass is 10.2. The van der Waals surface area contributed by atoms with Crippen LogP contribution in [0.25, 0.3) is 0 Å². The van der Waals surface area contributed by atoms with E-state index in [-0.39, 0.29) is 12.2 Å². The van der Waals surface area contributed by atoms with Gasteiger partial charge in [0.15, 0.2) is 11.5 Å². The van der Waals surface area contributed by atoms with Gasteiger partial charge < -0.3 is 14.2 Å². The molecule has 0 fully saturated rings. The minimum Gasteiger partial charge on any atom is -0.486 e. The number of carbonyl (C=O) groups excluding carboxylic acids is 1. The van der Waals surface area contributed by atoms with Gasteiger partial charge in [-0.05, 0) is 18.2 Å². The molecule has 0 heterocycles. The predicted octanol–water partition coefficient (Wildman–Crippen LogP) is 3.84. The molecule has 0 aliphatic heterocycles. The molecule has 4 heteroatoms. The van der Waals surface area contributed by atoms with Gasteiger partial charge in [0.2, 0.25) is 0 Å². The fourth-order valence-corrected chi connectivity index (χ4v) is 1.83. The van der Waals surface area contributed by atoms with Crippen LogP contribution in [-0.2, 0) is 0 Å². The highest BCUT2D eigenvalue weighted by atomic mass is 16.5. The van der Waals surface area contributed by atoms with Crippen molar-refractivity contribution in [2.24, 2.45) is 0 Å². The van der Waals surface area contributed by atoms with Crippen molar-refractivity contribution < 1.29 is 19.0 Å². The number of esters is 1. The molecule has 2 rings (SSSR count). The number of para-hydroxylation sites is 2. The van der Waals surface area contributed by atoms with Crippen molar-refractivity contribution in [3.8, 4) is 17.2 Å². The molecule has 0 aliphatic rings. The maximum Gasteiger partial charge on any atom is 0.347 e. The van der Waals surface area contributed by atoms with E-state index in [4.69, 9.17) is 14.2 Å². The molecule has 0 N–H and O–H groups in total. The zero-order valence-corrected chi connectivity index (χ0v) is 12.7. The van der Waals surface area contributed by atoms with Crippen molar-refractivity contribution in [1.82, 2.24) is 0 Å². The van der Waals surface area contributed by atoms with Gasteiger partial charge in [0.25, 0.3) is 0 Å². The third kappa shape index (κ3) is 4.48. The van der Waals surface area contributed by atoms with Gasteiger partial charge in [0.05, 0.1) is 0 Å². The Morgan fingerprint density at radius 3 is 2.52 bits per heavy atom. The second-order valence-corrected chi connectivity index (χ2v) is 4.45. The number of ether oxygens (including phenoxy) is 3. The number of hydrogen-bond donors (Lipinski definition) is 0. The van der Waals surface area contributed by atoms with Crippen LogP contribution in [-0.4, -0.2) is 19.2 Å². The summed E-state index contributed by atoms with van der Waals surface area (Å²) in [4.78, 5) is 12.4. The SMILES string of the molecule is C=CCOc1cccc(C(=O)Oc2[c]cccc2)c1OCC=C. The van der Waals surface area contributed by atoms with E-state index < -0.39 is 5.97 Å². The Kier molecular flexibility index (Phi) is 6.00. The highest BCUT2D eigenvalue weighted by Gasteiger charge is 2.19. The van der Waals surface area contributed by atoms with Gasteiger partial charge in [0, 0.05) is 6.07 Å². The summed E-state index contributed by atoms with van der Waals surface area (Å²) in [7, 11) is 0. The molecule has 0 atom stereocenters. The first-order chi connectivity index (χ1) is 11.3. The van der Waals surface area contributed by atoms with Crippen molar-refractivity contribution in [2.75, 3.05) is 13.2 Å². The molecule has 1 radical (unpaired) electrons. The standard InChI is InChI=1S/C19H17O4/c1-3-13-21-17-12-8-11-16(18(17)22-14-4-2)19(20)23-15-9-6-5-7-10-15/h3-9,11-12H,1-2,13-14H2. The van der Waals surface area contributed by atoms with Crippen molar-refractivity contribution in [2.45, 2.75) is 0 Å². The summed E-state index contributed by atoms with van der Waals surface area (Å²) in [6, 6.07) is 14.7. The van der Waals surface area contributed by atoms with E-state index in [1.807, 2.05) is 0 Å². The second-order valence-electron chi connectivity index (χ2n) is 4.45. The molecular weight excluding hydrogens is 292 g/mol. The van der Waals surface area contributed by atoms with E-state index in [0.29, 0.717) is 23.9 Å². The molecule has 2 aromatic rings. The van der Waals surface area contributed by atoms with Crippen LogP contribution in [0.4, 0.5) is 0 Å². The van der Waals surface area contributed by atoms with Crippen LogP contribution in [0.2, 0.25) is 0 Å². The Labute approximate surface area is 135 Å². The Morgan fingerprint density at radius 2 is 1.83 bits per heavy atom. The average molecular weight is 309 g/mol. The maximum absolute atomic E-state index is 12.4. The van der Waals surface area contributed by atoms with Crippen LogP contribution in [0.3, 0.4) is 0 Å². The van der Waals surface area contributed by atoms with Gasteiger partial charge in [-0.1, -0.05) is 49.6 Å². The molecule has 23 heavy (non-hydrogen) atoms. The molecule has 0 aliphatic carbocycles. The van der Waals surface area contributed by atoms with Crippen LogP contribution in [0.15, 0.2) is 67.8 Å². The minimum absolute atomic E-state index is 0.242. The first kappa shape index (κ1) is 16.4. The summed E-state index contributed by atoms with van der Waals surface area (Å²) in [6.45, 7) is 7.75. The average Bonchev–Trinajstić information content (AvgIpc) is 2.59. The van der Waals surface area contributed by atoms with Crippen molar-refractivity contribution in [3.63, 3.8) is 0 Å². The third-order valence-electron chi connectivity index (χ3n) is 2.78. The largest absolute Gasteiger partial charge is 0.486 e. The summed E-state index contributed by atoms with van der Waals surface area (Å²) in [5.41, 5.74) is 0.269. The van der Waals surface area contributed by atoms with Crippen LogP contribution >= 0.6 is 0 Å². The predicted molar refractivity (Wildman–Crippen MR) is 88.1 cm³/mol. The summed E-state index contributed by atoms with van der Waals surface area (Å²) >= 11 is 0. The van der Waals surface area contributed by atoms with Crippen molar-refractivity contribution >= 4 is 5.97 Å². The van der Waals surface area contributed by atoms with Gasteiger partial charge in [-0.15, -0.1) is 0 Å². The van der Waals surface area contributed by atoms with Gasteiger partial charge in [-0.25, -0.2) is 4.79 Å². The van der Waals surface area contributed by atoms with Crippen LogP contribution in [0, 0.1) is 6.07 Å². The summed E-state index contributed by atoms with van der Waals surface area (Å²) in [5.74, 6) is 0.550. The first-order valence-electron chi connectivity index (χ1n) is 7.05. The quantitative estimate of drug-likeness (QED) is 0.422. The molecule has 0 aromatic heterocycles. The monoisotopic (exact) mass is 309 g/mol.